The molecule has 0 unspecified atom stereocenters. The second-order valence-corrected chi connectivity index (χ2v) is 9.25. The Kier molecular flexibility index (Phi) is 24.3. The van der Waals surface area contributed by atoms with Gasteiger partial charge in [-0.05, 0) is 0 Å². The molecule has 0 bridgehead atoms. The van der Waals surface area contributed by atoms with E-state index in [9.17, 15) is 14.4 Å². The monoisotopic (exact) mass is 644 g/mol. The standard InChI is InChI=1S/3C2HCl3O2.Ce.H2O/c3*3-2(4,5)1(6)7;;/h3*(H,6,7);;1H2. The Hall–Kier alpha value is 2.36. The molecule has 0 aliphatic rings. The van der Waals surface area contributed by atoms with Gasteiger partial charge in [0.05, 0.1) is 0 Å². The molecule has 0 saturated heterocycles. The van der Waals surface area contributed by atoms with Gasteiger partial charge in [-0.3, -0.25) is 0 Å². The number of hydrogen-bond donors (Lipinski definition) is 3. The Bertz CT molecular complexity index is 315. The first kappa shape index (κ1) is 36.3. The van der Waals surface area contributed by atoms with Crippen molar-refractivity contribution in [2.45, 2.75) is 11.4 Å². The van der Waals surface area contributed by atoms with Gasteiger partial charge >= 0.3 is 17.9 Å². The van der Waals surface area contributed by atoms with Crippen molar-refractivity contribution >= 4 is 122 Å². The minimum atomic E-state index is -2.17. The number of carbonyl (C=O) groups is 3. The molecular weight excluding hydrogens is 643 g/mol. The van der Waals surface area contributed by atoms with E-state index < -0.39 is 29.3 Å². The molecule has 0 aliphatic carbocycles. The maximum absolute atomic E-state index is 9.62. The van der Waals surface area contributed by atoms with Crippen LogP contribution in [0.4, 0.5) is 0 Å². The summed E-state index contributed by atoms with van der Waals surface area (Å²) in [5.74, 6) is -4.38. The molecule has 0 heterocycles. The quantitative estimate of drug-likeness (QED) is 0.344. The van der Waals surface area contributed by atoms with Crippen molar-refractivity contribution in [3.05, 3.63) is 0 Å². The fourth-order valence-corrected chi connectivity index (χ4v) is 0. The van der Waals surface area contributed by atoms with Gasteiger partial charge in [0.2, 0.25) is 0 Å². The van der Waals surface area contributed by atoms with Crippen molar-refractivity contribution in [1.29, 1.82) is 0 Å². The predicted molar refractivity (Wildman–Crippen MR) is 87.4 cm³/mol. The molecule has 23 heavy (non-hydrogen) atoms. The molecule has 0 spiro atoms. The molecule has 0 aromatic rings. The Morgan fingerprint density at radius 3 is 0.565 bits per heavy atom. The summed E-state index contributed by atoms with van der Waals surface area (Å²) in [5.41, 5.74) is 0. The number of halogens is 9. The van der Waals surface area contributed by atoms with Crippen LogP contribution in [0.15, 0.2) is 0 Å². The van der Waals surface area contributed by atoms with Crippen molar-refractivity contribution in [3.63, 3.8) is 0 Å². The average Bonchev–Trinajstić information content (AvgIpc) is 2.14. The van der Waals surface area contributed by atoms with Gasteiger partial charge < -0.3 is 20.8 Å². The smallest absolute Gasteiger partial charge is 0.356 e. The minimum absolute atomic E-state index is 0. The van der Waals surface area contributed by atoms with Crippen LogP contribution in [0, 0.1) is 41.7 Å². The van der Waals surface area contributed by atoms with Crippen molar-refractivity contribution in [1.82, 2.24) is 0 Å². The van der Waals surface area contributed by atoms with Crippen LogP contribution in [0.3, 0.4) is 0 Å². The van der Waals surface area contributed by atoms with E-state index in [1.807, 2.05) is 0 Å². The van der Waals surface area contributed by atoms with Crippen LogP contribution in [0.25, 0.3) is 0 Å². The largest absolute Gasteiger partial charge is 0.478 e. The number of alkyl halides is 9. The molecule has 0 aromatic carbocycles. The summed E-state index contributed by atoms with van der Waals surface area (Å²) in [6, 6.07) is 0. The molecule has 0 fully saturated rings. The van der Waals surface area contributed by atoms with Crippen molar-refractivity contribution in [2.75, 3.05) is 0 Å². The van der Waals surface area contributed by atoms with E-state index in [0.29, 0.717) is 0 Å². The predicted octanol–water partition coefficient (Wildman–Crippen LogP) is 3.50. The molecular formula is C6H5CeCl9O7. The molecule has 0 rings (SSSR count). The van der Waals surface area contributed by atoms with Gasteiger partial charge in [-0.15, -0.1) is 0 Å². The van der Waals surface area contributed by atoms with E-state index in [2.05, 4.69) is 0 Å². The first-order chi connectivity index (χ1) is 8.83. The molecule has 5 N–H and O–H groups in total. The number of carboxylic acid groups (broad SMARTS) is 3. The molecule has 0 amide bonds. The summed E-state index contributed by atoms with van der Waals surface area (Å²) < 4.78 is -6.50. The number of carboxylic acids is 3. The summed E-state index contributed by atoms with van der Waals surface area (Å²) in [6.07, 6.45) is 0. The van der Waals surface area contributed by atoms with E-state index >= 15 is 0 Å². The molecule has 138 valence electrons. The van der Waals surface area contributed by atoms with Gasteiger partial charge in [0, 0.05) is 41.7 Å². The molecule has 0 saturated carbocycles. The van der Waals surface area contributed by atoms with Crippen LogP contribution in [0.2, 0.25) is 0 Å². The third-order valence-corrected chi connectivity index (χ3v) is 2.18. The molecule has 0 radical (unpaired) electrons. The maximum atomic E-state index is 9.62. The molecule has 7 nitrogen and oxygen atoms in total. The van der Waals surface area contributed by atoms with E-state index in [4.69, 9.17) is 120 Å². The van der Waals surface area contributed by atoms with Gasteiger partial charge in [-0.2, -0.15) is 0 Å². The topological polar surface area (TPSA) is 143 Å². The number of aliphatic carboxylic acids is 3. The van der Waals surface area contributed by atoms with E-state index in [-0.39, 0.29) is 47.2 Å². The van der Waals surface area contributed by atoms with Gasteiger partial charge in [-0.1, -0.05) is 104 Å². The zero-order valence-electron chi connectivity index (χ0n) is 9.97. The Morgan fingerprint density at radius 2 is 0.565 bits per heavy atom. The van der Waals surface area contributed by atoms with Crippen LogP contribution >= 0.6 is 104 Å². The van der Waals surface area contributed by atoms with Crippen LogP contribution < -0.4 is 0 Å². The van der Waals surface area contributed by atoms with Crippen LogP contribution in [0.5, 0.6) is 0 Å². The zero-order chi connectivity index (χ0) is 18.2. The third-order valence-electron chi connectivity index (χ3n) is 0.728. The first-order valence-corrected chi connectivity index (χ1v) is 7.14. The van der Waals surface area contributed by atoms with Gasteiger partial charge in [0.1, 0.15) is 0 Å². The SMILES string of the molecule is O.O=C(O)C(Cl)(Cl)Cl.O=C(O)C(Cl)(Cl)Cl.O=C(O)C(Cl)(Cl)Cl.[Ce]. The molecule has 17 heteroatoms. The minimum Gasteiger partial charge on any atom is -0.478 e. The van der Waals surface area contributed by atoms with E-state index in [1.54, 1.807) is 0 Å². The number of rotatable bonds is 0. The normalized spacial score (nSPS) is 10.3. The first-order valence-electron chi connectivity index (χ1n) is 3.73. The van der Waals surface area contributed by atoms with Crippen molar-refractivity contribution < 1.29 is 76.9 Å². The Morgan fingerprint density at radius 1 is 0.522 bits per heavy atom. The molecule has 0 aliphatic heterocycles. The second kappa shape index (κ2) is 15.4. The molecule has 0 aromatic heterocycles. The van der Waals surface area contributed by atoms with Crippen LogP contribution in [-0.4, -0.2) is 50.1 Å². The summed E-state index contributed by atoms with van der Waals surface area (Å²) in [5, 5.41) is 23.6. The van der Waals surface area contributed by atoms with Gasteiger partial charge in [-0.25, -0.2) is 14.4 Å². The average molecular weight is 648 g/mol. The van der Waals surface area contributed by atoms with Crippen LogP contribution in [0.1, 0.15) is 0 Å². The van der Waals surface area contributed by atoms with Crippen LogP contribution in [-0.2, 0) is 14.4 Å². The van der Waals surface area contributed by atoms with Gasteiger partial charge in [0.15, 0.2) is 0 Å². The van der Waals surface area contributed by atoms with Gasteiger partial charge in [0.25, 0.3) is 11.4 Å². The summed E-state index contributed by atoms with van der Waals surface area (Å²) in [4.78, 5) is 28.9. The third kappa shape index (κ3) is 29.4. The summed E-state index contributed by atoms with van der Waals surface area (Å²) in [6.45, 7) is 0. The second-order valence-electron chi connectivity index (χ2n) is 2.41. The molecule has 0 atom stereocenters. The maximum Gasteiger partial charge on any atom is 0.356 e. The van der Waals surface area contributed by atoms with Crippen molar-refractivity contribution in [2.24, 2.45) is 0 Å². The summed E-state index contributed by atoms with van der Waals surface area (Å²) >= 11 is 43.2. The Balaban J connectivity index is -0.0000000675. The van der Waals surface area contributed by atoms with Crippen molar-refractivity contribution in [3.8, 4) is 0 Å². The van der Waals surface area contributed by atoms with E-state index in [1.165, 1.54) is 0 Å². The summed E-state index contributed by atoms with van der Waals surface area (Å²) in [7, 11) is 0. The fourth-order valence-electron chi connectivity index (χ4n) is 0. The Labute approximate surface area is 208 Å². The fraction of sp³-hybridized carbons (Fsp3) is 0.500. The number of hydrogen-bond acceptors (Lipinski definition) is 3. The zero-order valence-corrected chi connectivity index (χ0v) is 19.9. The van der Waals surface area contributed by atoms with E-state index in [0.717, 1.165) is 0 Å².